The summed E-state index contributed by atoms with van der Waals surface area (Å²) in [5.41, 5.74) is 7.69. The van der Waals surface area contributed by atoms with Gasteiger partial charge in [-0.15, -0.1) is 11.8 Å². The van der Waals surface area contributed by atoms with E-state index < -0.39 is 5.60 Å². The predicted octanol–water partition coefficient (Wildman–Crippen LogP) is 8.73. The summed E-state index contributed by atoms with van der Waals surface area (Å²) >= 11 is 1.86. The van der Waals surface area contributed by atoms with E-state index >= 15 is 0 Å². The largest absolute Gasteiger partial charge is 0.444 e. The van der Waals surface area contributed by atoms with Crippen LogP contribution in [-0.4, -0.2) is 39.7 Å². The Bertz CT molecular complexity index is 1400. The number of aromatic amines is 1. The minimum Gasteiger partial charge on any atom is -0.444 e. The van der Waals surface area contributed by atoms with Crippen molar-refractivity contribution in [2.45, 2.75) is 75.5 Å². The van der Waals surface area contributed by atoms with Gasteiger partial charge < -0.3 is 14.6 Å². The lowest BCUT2D eigenvalue weighted by Gasteiger charge is -2.30. The first-order valence-electron chi connectivity index (χ1n) is 14.0. The molecule has 204 valence electrons. The number of hydrogen-bond donors (Lipinski definition) is 1. The molecule has 0 atom stereocenters. The van der Waals surface area contributed by atoms with Gasteiger partial charge in [0, 0.05) is 40.9 Å². The van der Waals surface area contributed by atoms with Crippen LogP contribution in [0.4, 0.5) is 4.79 Å². The first-order chi connectivity index (χ1) is 18.8. The van der Waals surface area contributed by atoms with Gasteiger partial charge in [0.15, 0.2) is 0 Å². The third kappa shape index (κ3) is 6.85. The quantitative estimate of drug-likeness (QED) is 0.257. The number of fused-ring (bicyclic) bond motifs is 1. The molecule has 0 aliphatic carbocycles. The third-order valence-corrected chi connectivity index (χ3v) is 8.41. The number of rotatable bonds is 5. The summed E-state index contributed by atoms with van der Waals surface area (Å²) in [6.45, 7) is 9.40. The lowest BCUT2D eigenvalue weighted by molar-refractivity contribution is 0.0233. The van der Waals surface area contributed by atoms with Crippen LogP contribution in [0.15, 0.2) is 71.6 Å². The summed E-state index contributed by atoms with van der Waals surface area (Å²) in [6.07, 6.45) is 3.76. The molecule has 39 heavy (non-hydrogen) atoms. The molecule has 0 saturated carbocycles. The zero-order valence-electron chi connectivity index (χ0n) is 23.5. The third-order valence-electron chi connectivity index (χ3n) is 7.33. The molecule has 5 nitrogen and oxygen atoms in total. The van der Waals surface area contributed by atoms with Gasteiger partial charge in [-0.25, -0.2) is 4.79 Å². The van der Waals surface area contributed by atoms with Gasteiger partial charge >= 0.3 is 6.09 Å². The predicted molar refractivity (Wildman–Crippen MR) is 161 cm³/mol. The second-order valence-electron chi connectivity index (χ2n) is 11.5. The van der Waals surface area contributed by atoms with Gasteiger partial charge in [0.2, 0.25) is 0 Å². The average molecular weight is 542 g/mol. The summed E-state index contributed by atoms with van der Waals surface area (Å²) in [6, 6.07) is 23.8. The smallest absolute Gasteiger partial charge is 0.410 e. The van der Waals surface area contributed by atoms with Gasteiger partial charge in [0.05, 0.1) is 16.7 Å². The van der Waals surface area contributed by atoms with E-state index in [1.807, 2.05) is 37.4 Å². The van der Waals surface area contributed by atoms with Gasteiger partial charge in [-0.1, -0.05) is 42.5 Å². The van der Waals surface area contributed by atoms with Crippen molar-refractivity contribution in [3.8, 4) is 11.3 Å². The Hall–Kier alpha value is -3.25. The fourth-order valence-corrected chi connectivity index (χ4v) is 6.15. The second kappa shape index (κ2) is 11.9. The highest BCUT2D eigenvalue weighted by Crippen LogP contribution is 2.34. The van der Waals surface area contributed by atoms with E-state index in [9.17, 15) is 4.79 Å². The molecule has 1 fully saturated rings. The maximum absolute atomic E-state index is 12.5. The van der Waals surface area contributed by atoms with Crippen LogP contribution in [0.2, 0.25) is 0 Å². The van der Waals surface area contributed by atoms with Crippen molar-refractivity contribution in [2.24, 2.45) is 0 Å². The van der Waals surface area contributed by atoms with Crippen LogP contribution in [0.25, 0.3) is 22.3 Å². The molecule has 1 aliphatic rings. The molecule has 1 N–H and O–H groups in total. The monoisotopic (exact) mass is 541 g/mol. The van der Waals surface area contributed by atoms with Crippen molar-refractivity contribution in [3.63, 3.8) is 0 Å². The van der Waals surface area contributed by atoms with Crippen LogP contribution >= 0.6 is 11.8 Å². The fraction of sp³-hybridized carbons (Fsp3) is 0.394. The van der Waals surface area contributed by atoms with Gasteiger partial charge in [0.25, 0.3) is 0 Å². The molecule has 1 saturated heterocycles. The van der Waals surface area contributed by atoms with Gasteiger partial charge in [-0.2, -0.15) is 0 Å². The van der Waals surface area contributed by atoms with E-state index in [1.165, 1.54) is 21.6 Å². The van der Waals surface area contributed by atoms with Crippen molar-refractivity contribution < 1.29 is 9.53 Å². The Kier molecular flexibility index (Phi) is 8.31. The van der Waals surface area contributed by atoms with E-state index in [-0.39, 0.29) is 6.09 Å². The summed E-state index contributed by atoms with van der Waals surface area (Å²) in [7, 11) is 0. The highest BCUT2D eigenvalue weighted by atomic mass is 32.2. The number of carbonyl (C=O) groups is 1. The standard InChI is InChI=1S/C33H39N3O2S/c1-23-30(26-14-16-27(17-15-26)39-22-24-10-6-5-7-11-24)35-29-19-18-28(34-31(23)29)25-12-8-20-36(21-9-13-25)32(37)38-33(2,3)4/h5-7,10-11,14-19,25,35H,8-9,12-13,20-22H2,1-4H3. The molecule has 2 aromatic carbocycles. The topological polar surface area (TPSA) is 58.2 Å². The van der Waals surface area contributed by atoms with Crippen LogP contribution in [0, 0.1) is 6.92 Å². The number of benzene rings is 2. The van der Waals surface area contributed by atoms with Gasteiger partial charge in [-0.3, -0.25) is 4.98 Å². The summed E-state index contributed by atoms with van der Waals surface area (Å²) in [5.74, 6) is 1.38. The number of hydrogen-bond acceptors (Lipinski definition) is 4. The lowest BCUT2D eigenvalue weighted by atomic mass is 9.92. The molecule has 0 bridgehead atoms. The van der Waals surface area contributed by atoms with Gasteiger partial charge in [0.1, 0.15) is 5.60 Å². The molecule has 6 heteroatoms. The first-order valence-corrected chi connectivity index (χ1v) is 15.0. The molecular weight excluding hydrogens is 502 g/mol. The molecule has 3 heterocycles. The number of carbonyl (C=O) groups excluding carboxylic acids is 1. The van der Waals surface area contributed by atoms with Crippen molar-refractivity contribution >= 4 is 28.9 Å². The molecule has 0 unspecified atom stereocenters. The van der Waals surface area contributed by atoms with Crippen molar-refractivity contribution in [1.29, 1.82) is 0 Å². The maximum atomic E-state index is 12.5. The number of aromatic nitrogens is 2. The number of pyridine rings is 1. The van der Waals surface area contributed by atoms with E-state index in [4.69, 9.17) is 9.72 Å². The minimum absolute atomic E-state index is 0.196. The molecule has 1 aliphatic heterocycles. The van der Waals surface area contributed by atoms with Crippen LogP contribution in [-0.2, 0) is 10.5 Å². The SMILES string of the molecule is Cc1c(-c2ccc(SCc3ccccc3)cc2)[nH]c2ccc(C3CCCN(C(=O)OC(C)(C)C)CCC3)nc12. The van der Waals surface area contributed by atoms with Gasteiger partial charge in [-0.05, 0) is 88.8 Å². The Labute approximate surface area is 236 Å². The lowest BCUT2D eigenvalue weighted by Crippen LogP contribution is -2.38. The average Bonchev–Trinajstić information content (AvgIpc) is 3.23. The van der Waals surface area contributed by atoms with E-state index in [2.05, 4.69) is 78.6 Å². The van der Waals surface area contributed by atoms with Crippen molar-refractivity contribution in [1.82, 2.24) is 14.9 Å². The molecule has 0 radical (unpaired) electrons. The normalized spacial score (nSPS) is 15.2. The molecule has 1 amide bonds. The van der Waals surface area contributed by atoms with Crippen molar-refractivity contribution in [2.75, 3.05) is 13.1 Å². The number of amides is 1. The number of nitrogens with one attached hydrogen (secondary N) is 1. The Morgan fingerprint density at radius 1 is 1.00 bits per heavy atom. The van der Waals surface area contributed by atoms with Crippen molar-refractivity contribution in [3.05, 3.63) is 83.6 Å². The number of ether oxygens (including phenoxy) is 1. The number of H-pyrrole nitrogens is 1. The maximum Gasteiger partial charge on any atom is 0.410 e. The second-order valence-corrected chi connectivity index (χ2v) is 12.6. The Morgan fingerprint density at radius 2 is 1.69 bits per heavy atom. The first kappa shape index (κ1) is 27.3. The number of nitrogens with zero attached hydrogens (tertiary/aromatic N) is 2. The molecule has 0 spiro atoms. The van der Waals surface area contributed by atoms with E-state index in [0.717, 1.165) is 66.9 Å². The van der Waals surface area contributed by atoms with E-state index in [0.29, 0.717) is 5.92 Å². The minimum atomic E-state index is -0.460. The van der Waals surface area contributed by atoms with Crippen LogP contribution in [0.3, 0.4) is 0 Å². The molecular formula is C33H39N3O2S. The zero-order valence-corrected chi connectivity index (χ0v) is 24.3. The number of likely N-dealkylation sites (tertiary alicyclic amines) is 1. The van der Waals surface area contributed by atoms with Crippen LogP contribution < -0.4 is 0 Å². The zero-order chi connectivity index (χ0) is 27.4. The number of aryl methyl sites for hydroxylation is 1. The molecule has 2 aromatic heterocycles. The Balaban J connectivity index is 1.25. The highest BCUT2D eigenvalue weighted by Gasteiger charge is 2.25. The fourth-order valence-electron chi connectivity index (χ4n) is 5.30. The summed E-state index contributed by atoms with van der Waals surface area (Å²) < 4.78 is 5.59. The Morgan fingerprint density at radius 3 is 2.36 bits per heavy atom. The summed E-state index contributed by atoms with van der Waals surface area (Å²) in [5, 5.41) is 0. The number of thioether (sulfide) groups is 1. The highest BCUT2D eigenvalue weighted by molar-refractivity contribution is 7.98. The van der Waals surface area contributed by atoms with Crippen LogP contribution in [0.1, 0.15) is 69.2 Å². The molecule has 4 aromatic rings. The summed E-state index contributed by atoms with van der Waals surface area (Å²) in [4.78, 5) is 24.4. The van der Waals surface area contributed by atoms with E-state index in [1.54, 1.807) is 0 Å². The van der Waals surface area contributed by atoms with Crippen LogP contribution in [0.5, 0.6) is 0 Å². The molecule has 5 rings (SSSR count).